The third-order valence-electron chi connectivity index (χ3n) is 11.8. The summed E-state index contributed by atoms with van der Waals surface area (Å²) in [6.07, 6.45) is 0. The molecule has 4 aromatic heterocycles. The first-order valence-electron chi connectivity index (χ1n) is 20.0. The van der Waals surface area contributed by atoms with Crippen LogP contribution in [0.2, 0.25) is 0 Å². The molecular weight excluding hydrogens is 765 g/mol. The predicted octanol–water partition coefficient (Wildman–Crippen LogP) is 14.5. The van der Waals surface area contributed by atoms with Crippen molar-refractivity contribution in [3.05, 3.63) is 199 Å². The molecule has 0 aliphatic rings. The zero-order valence-corrected chi connectivity index (χ0v) is 33.2. The van der Waals surface area contributed by atoms with Gasteiger partial charge in [-0.25, -0.2) is 14.8 Å². The second kappa shape index (κ2) is 13.6. The van der Waals surface area contributed by atoms with Crippen molar-refractivity contribution in [3.8, 4) is 51.3 Å². The highest BCUT2D eigenvalue weighted by Crippen LogP contribution is 2.44. The van der Waals surface area contributed by atoms with Crippen molar-refractivity contribution in [3.63, 3.8) is 0 Å². The molecule has 12 aromatic rings. The average molecular weight is 795 g/mol. The van der Waals surface area contributed by atoms with E-state index in [1.54, 1.807) is 11.3 Å². The normalized spacial score (nSPS) is 11.6. The van der Waals surface area contributed by atoms with E-state index in [1.807, 2.05) is 66.7 Å². The minimum Gasteiger partial charge on any atom is -0.319 e. The highest BCUT2D eigenvalue weighted by atomic mass is 32.1. The molecule has 0 amide bonds. The Morgan fingerprint density at radius 3 is 1.84 bits per heavy atom. The van der Waals surface area contributed by atoms with E-state index in [0.29, 0.717) is 34.0 Å². The third-order valence-corrected chi connectivity index (χ3v) is 12.9. The molecule has 0 bridgehead atoms. The number of para-hydroxylation sites is 3. The number of benzene rings is 8. The van der Waals surface area contributed by atoms with Crippen LogP contribution in [0.5, 0.6) is 0 Å². The Morgan fingerprint density at radius 1 is 0.508 bits per heavy atom. The minimum atomic E-state index is 0.356. The molecule has 0 unspecified atom stereocenters. The Kier molecular flexibility index (Phi) is 7.73. The topological polar surface area (TPSA) is 63.8 Å². The second-order valence-corrected chi connectivity index (χ2v) is 16.2. The highest BCUT2D eigenvalue weighted by molar-refractivity contribution is 7.25. The van der Waals surface area contributed by atoms with Gasteiger partial charge in [0.25, 0.3) is 0 Å². The first-order chi connectivity index (χ1) is 30.2. The molecule has 8 aromatic carbocycles. The standard InChI is InChI=1S/C54H30N6S/c1-56-43-29-34(53-42(32-55)52(33-15-4-2-5-16-33)57-54(58-53)39-22-14-26-50-51(39)38-21-10-13-25-49(38)61-50)27-28-46(43)60-45-24-12-9-20-37(45)41-30-40-36-19-8-11-23-44(36)59(47(40)31-48(41)60)35-17-6-3-7-18-35/h2-31H. The van der Waals surface area contributed by atoms with Gasteiger partial charge in [-0.15, -0.1) is 11.3 Å². The van der Waals surface area contributed by atoms with E-state index in [9.17, 15) is 5.26 Å². The minimum absolute atomic E-state index is 0.356. The molecular formula is C54H30N6S. The Labute approximate surface area is 353 Å². The summed E-state index contributed by atoms with van der Waals surface area (Å²) in [5.41, 5.74) is 10.3. The molecule has 0 N–H and O–H groups in total. The summed E-state index contributed by atoms with van der Waals surface area (Å²) < 4.78 is 6.86. The van der Waals surface area contributed by atoms with E-state index in [0.717, 1.165) is 70.8 Å². The summed E-state index contributed by atoms with van der Waals surface area (Å²) >= 11 is 1.74. The first kappa shape index (κ1) is 34.7. The lowest BCUT2D eigenvalue weighted by atomic mass is 9.98. The Morgan fingerprint density at radius 2 is 1.11 bits per heavy atom. The second-order valence-electron chi connectivity index (χ2n) is 15.1. The van der Waals surface area contributed by atoms with E-state index < -0.39 is 0 Å². The SMILES string of the molecule is [C-]#[N+]c1cc(-c2nc(-c3cccc4sc5ccccc5c34)nc(-c3ccccc3)c2C#N)ccc1-n1c2ccccc2c2cc3c4ccccc4n(-c4ccccc4)c3cc21. The lowest BCUT2D eigenvalue weighted by molar-refractivity contribution is 1.16. The van der Waals surface area contributed by atoms with E-state index in [-0.39, 0.29) is 0 Å². The number of nitriles is 1. The maximum Gasteiger partial charge on any atom is 0.211 e. The van der Waals surface area contributed by atoms with E-state index in [4.69, 9.17) is 16.5 Å². The number of nitrogens with zero attached hydrogens (tertiary/aromatic N) is 6. The molecule has 61 heavy (non-hydrogen) atoms. The van der Waals surface area contributed by atoms with Crippen LogP contribution in [0.3, 0.4) is 0 Å². The van der Waals surface area contributed by atoms with Gasteiger partial charge in [0.15, 0.2) is 5.82 Å². The van der Waals surface area contributed by atoms with Gasteiger partial charge in [0.05, 0.1) is 45.7 Å². The monoisotopic (exact) mass is 794 g/mol. The molecule has 0 spiro atoms. The first-order valence-corrected chi connectivity index (χ1v) is 20.8. The van der Waals surface area contributed by atoms with E-state index in [2.05, 4.69) is 135 Å². The van der Waals surface area contributed by atoms with Crippen LogP contribution in [-0.2, 0) is 0 Å². The lowest BCUT2D eigenvalue weighted by Crippen LogP contribution is -2.02. The van der Waals surface area contributed by atoms with Crippen LogP contribution in [0.4, 0.5) is 5.69 Å². The highest BCUT2D eigenvalue weighted by Gasteiger charge is 2.24. The van der Waals surface area contributed by atoms with Crippen LogP contribution in [0.1, 0.15) is 5.56 Å². The Balaban J connectivity index is 1.11. The average Bonchev–Trinajstić information content (AvgIpc) is 3.98. The van der Waals surface area contributed by atoms with Crippen LogP contribution in [0.15, 0.2) is 182 Å². The maximum atomic E-state index is 10.9. The van der Waals surface area contributed by atoms with E-state index in [1.165, 1.54) is 15.5 Å². The lowest BCUT2D eigenvalue weighted by Gasteiger charge is -2.15. The number of thiophene rings is 1. The molecule has 7 heteroatoms. The number of hydrogen-bond acceptors (Lipinski definition) is 4. The Bertz CT molecular complexity index is 3840. The van der Waals surface area contributed by atoms with Crippen molar-refractivity contribution in [2.24, 2.45) is 0 Å². The molecule has 6 nitrogen and oxygen atoms in total. The van der Waals surface area contributed by atoms with Gasteiger partial charge < -0.3 is 9.13 Å². The summed E-state index contributed by atoms with van der Waals surface area (Å²) in [5, 5.41) is 17.7. The molecule has 0 saturated carbocycles. The molecule has 0 aliphatic carbocycles. The van der Waals surface area contributed by atoms with Gasteiger partial charge in [-0.05, 0) is 66.2 Å². The zero-order valence-electron chi connectivity index (χ0n) is 32.4. The maximum absolute atomic E-state index is 10.9. The van der Waals surface area contributed by atoms with Crippen molar-refractivity contribution in [2.75, 3.05) is 0 Å². The van der Waals surface area contributed by atoms with Crippen molar-refractivity contribution >= 4 is 80.8 Å². The summed E-state index contributed by atoms with van der Waals surface area (Å²) in [4.78, 5) is 14.5. The fourth-order valence-corrected chi connectivity index (χ4v) is 10.3. The van der Waals surface area contributed by atoms with Gasteiger partial charge in [-0.3, -0.25) is 0 Å². The van der Waals surface area contributed by atoms with Gasteiger partial charge in [0, 0.05) is 58.5 Å². The van der Waals surface area contributed by atoms with Crippen molar-refractivity contribution < 1.29 is 0 Å². The molecule has 12 rings (SSSR count). The predicted molar refractivity (Wildman–Crippen MR) is 251 cm³/mol. The zero-order chi connectivity index (χ0) is 40.6. The van der Waals surface area contributed by atoms with Crippen molar-refractivity contribution in [1.29, 1.82) is 5.26 Å². The molecule has 0 aliphatic heterocycles. The van der Waals surface area contributed by atoms with Crippen LogP contribution < -0.4 is 0 Å². The summed E-state index contributed by atoms with van der Waals surface area (Å²) in [6.45, 7) is 8.63. The number of aromatic nitrogens is 4. The molecule has 4 heterocycles. The van der Waals surface area contributed by atoms with Crippen molar-refractivity contribution in [2.45, 2.75) is 0 Å². The van der Waals surface area contributed by atoms with Crippen LogP contribution in [-0.4, -0.2) is 19.1 Å². The van der Waals surface area contributed by atoms with Gasteiger partial charge >= 0.3 is 0 Å². The van der Waals surface area contributed by atoms with Gasteiger partial charge in [0.1, 0.15) is 11.6 Å². The van der Waals surface area contributed by atoms with Gasteiger partial charge in [-0.2, -0.15) is 5.26 Å². The Hall–Kier alpha value is -8.36. The molecule has 0 radical (unpaired) electrons. The molecule has 0 fully saturated rings. The summed E-state index contributed by atoms with van der Waals surface area (Å²) in [6, 6.07) is 64.8. The summed E-state index contributed by atoms with van der Waals surface area (Å²) in [5.74, 6) is 0.524. The number of fused-ring (bicyclic) bond motifs is 9. The van der Waals surface area contributed by atoms with E-state index >= 15 is 0 Å². The van der Waals surface area contributed by atoms with Crippen LogP contribution in [0.25, 0.3) is 114 Å². The smallest absolute Gasteiger partial charge is 0.211 e. The summed E-state index contributed by atoms with van der Waals surface area (Å²) in [7, 11) is 0. The molecule has 282 valence electrons. The largest absolute Gasteiger partial charge is 0.319 e. The quantitative estimate of drug-likeness (QED) is 0.163. The van der Waals surface area contributed by atoms with Crippen LogP contribution >= 0.6 is 11.3 Å². The van der Waals surface area contributed by atoms with Gasteiger partial charge in [-0.1, -0.05) is 121 Å². The fraction of sp³-hybridized carbons (Fsp3) is 0. The van der Waals surface area contributed by atoms with Crippen molar-refractivity contribution in [1.82, 2.24) is 19.1 Å². The number of rotatable bonds is 5. The molecule has 0 atom stereocenters. The fourth-order valence-electron chi connectivity index (χ4n) is 9.16. The third kappa shape index (κ3) is 5.25. The number of hydrogen-bond donors (Lipinski definition) is 0. The van der Waals surface area contributed by atoms with Crippen LogP contribution in [0, 0.1) is 17.9 Å². The van der Waals surface area contributed by atoms with Gasteiger partial charge in [0.2, 0.25) is 5.69 Å². The molecule has 0 saturated heterocycles.